The minimum atomic E-state index is 0.748. The molecular weight excluding hydrogens is 286 g/mol. The van der Waals surface area contributed by atoms with E-state index >= 15 is 0 Å². The summed E-state index contributed by atoms with van der Waals surface area (Å²) in [5, 5.41) is 3.56. The zero-order valence-electron chi connectivity index (χ0n) is 11.9. The summed E-state index contributed by atoms with van der Waals surface area (Å²) in [5.41, 5.74) is 1.45. The van der Waals surface area contributed by atoms with Gasteiger partial charge in [-0.15, -0.1) is 0 Å². The van der Waals surface area contributed by atoms with Crippen LogP contribution in [0.5, 0.6) is 0 Å². The SMILES string of the molecule is CCCNCC(Cc1ccc(Br)cc1)CC(C)C. The molecule has 0 aliphatic heterocycles. The first-order valence-corrected chi connectivity index (χ1v) is 7.86. The Balaban J connectivity index is 2.51. The monoisotopic (exact) mass is 311 g/mol. The van der Waals surface area contributed by atoms with Crippen molar-refractivity contribution >= 4 is 15.9 Å². The van der Waals surface area contributed by atoms with Crippen LogP contribution in [0.4, 0.5) is 0 Å². The molecule has 0 radical (unpaired) electrons. The molecule has 0 saturated heterocycles. The summed E-state index contributed by atoms with van der Waals surface area (Å²) in [7, 11) is 0. The van der Waals surface area contributed by atoms with Crippen LogP contribution in [0.2, 0.25) is 0 Å². The van der Waals surface area contributed by atoms with Crippen molar-refractivity contribution in [3.8, 4) is 0 Å². The molecule has 0 aromatic heterocycles. The van der Waals surface area contributed by atoms with Gasteiger partial charge in [0.2, 0.25) is 0 Å². The van der Waals surface area contributed by atoms with Crippen LogP contribution >= 0.6 is 15.9 Å². The average molecular weight is 312 g/mol. The number of halogens is 1. The largest absolute Gasteiger partial charge is 0.316 e. The number of benzene rings is 1. The second-order valence-electron chi connectivity index (χ2n) is 5.53. The molecule has 1 unspecified atom stereocenters. The molecule has 18 heavy (non-hydrogen) atoms. The molecule has 0 amide bonds. The molecule has 1 nitrogen and oxygen atoms in total. The summed E-state index contributed by atoms with van der Waals surface area (Å²) in [6.07, 6.45) is 3.70. The van der Waals surface area contributed by atoms with E-state index in [1.54, 1.807) is 0 Å². The van der Waals surface area contributed by atoms with Crippen LogP contribution in [-0.2, 0) is 6.42 Å². The highest BCUT2D eigenvalue weighted by molar-refractivity contribution is 9.10. The van der Waals surface area contributed by atoms with E-state index in [-0.39, 0.29) is 0 Å². The van der Waals surface area contributed by atoms with Crippen LogP contribution in [0, 0.1) is 11.8 Å². The Morgan fingerprint density at radius 1 is 1.17 bits per heavy atom. The highest BCUT2D eigenvalue weighted by Gasteiger charge is 2.11. The molecule has 0 spiro atoms. The lowest BCUT2D eigenvalue weighted by molar-refractivity contribution is 0.385. The molecule has 1 aromatic rings. The molecule has 1 N–H and O–H groups in total. The smallest absolute Gasteiger partial charge is 0.0175 e. The summed E-state index contributed by atoms with van der Waals surface area (Å²) in [5.74, 6) is 1.52. The Morgan fingerprint density at radius 2 is 1.83 bits per heavy atom. The first-order chi connectivity index (χ1) is 8.61. The molecule has 1 aromatic carbocycles. The highest BCUT2D eigenvalue weighted by Crippen LogP contribution is 2.18. The van der Waals surface area contributed by atoms with Crippen LogP contribution in [0.15, 0.2) is 28.7 Å². The van der Waals surface area contributed by atoms with Crippen molar-refractivity contribution in [1.29, 1.82) is 0 Å². The van der Waals surface area contributed by atoms with E-state index in [1.807, 2.05) is 0 Å². The van der Waals surface area contributed by atoms with Gasteiger partial charge in [-0.1, -0.05) is 48.8 Å². The number of hydrogen-bond acceptors (Lipinski definition) is 1. The summed E-state index contributed by atoms with van der Waals surface area (Å²) >= 11 is 3.49. The van der Waals surface area contributed by atoms with Gasteiger partial charge in [0.15, 0.2) is 0 Å². The Kier molecular flexibility index (Phi) is 7.60. The average Bonchev–Trinajstić information content (AvgIpc) is 2.31. The minimum Gasteiger partial charge on any atom is -0.316 e. The maximum absolute atomic E-state index is 3.56. The predicted molar refractivity (Wildman–Crippen MR) is 84.0 cm³/mol. The third-order valence-electron chi connectivity index (χ3n) is 3.10. The number of rotatable bonds is 8. The van der Waals surface area contributed by atoms with E-state index in [4.69, 9.17) is 0 Å². The van der Waals surface area contributed by atoms with E-state index < -0.39 is 0 Å². The fourth-order valence-corrected chi connectivity index (χ4v) is 2.61. The van der Waals surface area contributed by atoms with Crippen molar-refractivity contribution in [3.63, 3.8) is 0 Å². The Morgan fingerprint density at radius 3 is 2.39 bits per heavy atom. The van der Waals surface area contributed by atoms with Gasteiger partial charge >= 0.3 is 0 Å². The quantitative estimate of drug-likeness (QED) is 0.689. The van der Waals surface area contributed by atoms with Crippen molar-refractivity contribution in [3.05, 3.63) is 34.3 Å². The third-order valence-corrected chi connectivity index (χ3v) is 3.63. The van der Waals surface area contributed by atoms with E-state index in [0.29, 0.717) is 0 Å². The van der Waals surface area contributed by atoms with Gasteiger partial charge in [-0.3, -0.25) is 0 Å². The van der Waals surface area contributed by atoms with Gasteiger partial charge in [0.25, 0.3) is 0 Å². The zero-order chi connectivity index (χ0) is 13.4. The van der Waals surface area contributed by atoms with E-state index in [0.717, 1.165) is 29.4 Å². The lowest BCUT2D eigenvalue weighted by Crippen LogP contribution is -2.26. The molecule has 1 rings (SSSR count). The van der Waals surface area contributed by atoms with Crippen molar-refractivity contribution in [2.24, 2.45) is 11.8 Å². The Labute approximate surface area is 120 Å². The molecule has 1 atom stereocenters. The van der Waals surface area contributed by atoms with Crippen LogP contribution in [0.25, 0.3) is 0 Å². The van der Waals surface area contributed by atoms with Gasteiger partial charge in [-0.25, -0.2) is 0 Å². The molecule has 0 bridgehead atoms. The van der Waals surface area contributed by atoms with Crippen molar-refractivity contribution in [2.75, 3.05) is 13.1 Å². The van der Waals surface area contributed by atoms with Crippen LogP contribution < -0.4 is 5.32 Å². The van der Waals surface area contributed by atoms with Crippen molar-refractivity contribution < 1.29 is 0 Å². The molecule has 2 heteroatoms. The van der Waals surface area contributed by atoms with Crippen molar-refractivity contribution in [1.82, 2.24) is 5.32 Å². The lowest BCUT2D eigenvalue weighted by Gasteiger charge is -2.19. The van der Waals surface area contributed by atoms with Crippen LogP contribution in [0.1, 0.15) is 39.2 Å². The maximum Gasteiger partial charge on any atom is 0.0175 e. The topological polar surface area (TPSA) is 12.0 Å². The van der Waals surface area contributed by atoms with Gasteiger partial charge in [0, 0.05) is 4.47 Å². The van der Waals surface area contributed by atoms with Gasteiger partial charge in [0.1, 0.15) is 0 Å². The number of nitrogens with one attached hydrogen (secondary N) is 1. The molecule has 102 valence electrons. The Bertz CT molecular complexity index is 318. The summed E-state index contributed by atoms with van der Waals surface area (Å²) in [6, 6.07) is 8.75. The minimum absolute atomic E-state index is 0.748. The molecule has 0 heterocycles. The second-order valence-corrected chi connectivity index (χ2v) is 6.45. The van der Waals surface area contributed by atoms with Crippen molar-refractivity contribution in [2.45, 2.75) is 40.0 Å². The fourth-order valence-electron chi connectivity index (χ4n) is 2.34. The first kappa shape index (κ1) is 15.7. The maximum atomic E-state index is 3.56. The molecule has 0 saturated carbocycles. The van der Waals surface area contributed by atoms with Gasteiger partial charge in [0.05, 0.1) is 0 Å². The second kappa shape index (κ2) is 8.71. The predicted octanol–water partition coefficient (Wildman–Crippen LogP) is 4.65. The van der Waals surface area contributed by atoms with Gasteiger partial charge in [-0.05, 0) is 61.9 Å². The molecular formula is C16H26BrN. The molecule has 0 fully saturated rings. The highest BCUT2D eigenvalue weighted by atomic mass is 79.9. The standard InChI is InChI=1S/C16H26BrN/c1-4-9-18-12-15(10-13(2)3)11-14-5-7-16(17)8-6-14/h5-8,13,15,18H,4,9-12H2,1-3H3. The Hall–Kier alpha value is -0.340. The zero-order valence-corrected chi connectivity index (χ0v) is 13.5. The van der Waals surface area contributed by atoms with Gasteiger partial charge in [-0.2, -0.15) is 0 Å². The van der Waals surface area contributed by atoms with E-state index in [1.165, 1.54) is 24.8 Å². The van der Waals surface area contributed by atoms with Crippen LogP contribution in [-0.4, -0.2) is 13.1 Å². The summed E-state index contributed by atoms with van der Waals surface area (Å²) in [6.45, 7) is 9.12. The van der Waals surface area contributed by atoms with E-state index in [2.05, 4.69) is 66.3 Å². The summed E-state index contributed by atoms with van der Waals surface area (Å²) < 4.78 is 1.16. The number of hydrogen-bond donors (Lipinski definition) is 1. The van der Waals surface area contributed by atoms with Crippen LogP contribution in [0.3, 0.4) is 0 Å². The normalized spacial score (nSPS) is 12.9. The third kappa shape index (κ3) is 6.55. The van der Waals surface area contributed by atoms with Gasteiger partial charge < -0.3 is 5.32 Å². The molecule has 0 aliphatic carbocycles. The summed E-state index contributed by atoms with van der Waals surface area (Å²) in [4.78, 5) is 0. The fraction of sp³-hybridized carbons (Fsp3) is 0.625. The first-order valence-electron chi connectivity index (χ1n) is 7.07. The molecule has 0 aliphatic rings. The van der Waals surface area contributed by atoms with E-state index in [9.17, 15) is 0 Å². The lowest BCUT2D eigenvalue weighted by atomic mass is 9.91.